The Morgan fingerprint density at radius 2 is 1.96 bits per heavy atom. The molecule has 1 saturated heterocycles. The van der Waals surface area contributed by atoms with Crippen LogP contribution in [0.5, 0.6) is 5.75 Å². The van der Waals surface area contributed by atoms with Crippen molar-refractivity contribution in [1.29, 1.82) is 0 Å². The van der Waals surface area contributed by atoms with Crippen LogP contribution in [-0.4, -0.2) is 41.4 Å². The molecule has 2 aromatic rings. The van der Waals surface area contributed by atoms with Crippen LogP contribution in [-0.2, 0) is 14.3 Å². The number of carbonyl (C=O) groups is 2. The average molecular weight is 387 g/mol. The van der Waals surface area contributed by atoms with Gasteiger partial charge in [0.15, 0.2) is 0 Å². The number of ether oxygens (including phenoxy) is 2. The zero-order chi connectivity index (χ0) is 18.8. The lowest BCUT2D eigenvalue weighted by Crippen LogP contribution is -2.42. The standard InChI is InChI=1S/C19H17NO4S2/c1-11(18(22)24-3)20-17(21)16(26-19(20)25)10-14-13-7-5-4-6-12(13)8-9-15(14)23-2/h4-11H,1-3H3/b16-10-/t11-/m0/s1. The van der Waals surface area contributed by atoms with Gasteiger partial charge in [0.25, 0.3) is 5.91 Å². The summed E-state index contributed by atoms with van der Waals surface area (Å²) in [5.74, 6) is -0.159. The van der Waals surface area contributed by atoms with E-state index in [4.69, 9.17) is 21.7 Å². The maximum atomic E-state index is 12.8. The normalized spacial score (nSPS) is 17.0. The van der Waals surface area contributed by atoms with Gasteiger partial charge in [0.1, 0.15) is 16.1 Å². The van der Waals surface area contributed by atoms with Crippen LogP contribution in [0, 0.1) is 0 Å². The third-order valence-corrected chi connectivity index (χ3v) is 5.51. The van der Waals surface area contributed by atoms with Gasteiger partial charge in [-0.3, -0.25) is 9.69 Å². The van der Waals surface area contributed by atoms with Crippen molar-refractivity contribution in [3.8, 4) is 5.75 Å². The van der Waals surface area contributed by atoms with Crippen molar-refractivity contribution in [3.05, 3.63) is 46.9 Å². The largest absolute Gasteiger partial charge is 0.496 e. The Hall–Kier alpha value is -2.38. The first-order valence-electron chi connectivity index (χ1n) is 7.88. The summed E-state index contributed by atoms with van der Waals surface area (Å²) in [5, 5.41) is 2.01. The molecule has 1 amide bonds. The van der Waals surface area contributed by atoms with E-state index in [-0.39, 0.29) is 5.91 Å². The molecular formula is C19H17NO4S2. The van der Waals surface area contributed by atoms with E-state index in [1.807, 2.05) is 36.4 Å². The molecule has 7 heteroatoms. The first kappa shape index (κ1) is 18.4. The van der Waals surface area contributed by atoms with Gasteiger partial charge in [-0.15, -0.1) is 0 Å². The summed E-state index contributed by atoms with van der Waals surface area (Å²) in [7, 11) is 2.87. The Morgan fingerprint density at radius 3 is 2.65 bits per heavy atom. The molecule has 1 aliphatic heterocycles. The van der Waals surface area contributed by atoms with Crippen LogP contribution < -0.4 is 4.74 Å². The van der Waals surface area contributed by atoms with E-state index in [2.05, 4.69) is 0 Å². The summed E-state index contributed by atoms with van der Waals surface area (Å²) in [6, 6.07) is 10.9. The number of nitrogens with zero attached hydrogens (tertiary/aromatic N) is 1. The van der Waals surface area contributed by atoms with E-state index in [9.17, 15) is 9.59 Å². The molecule has 0 bridgehead atoms. The van der Waals surface area contributed by atoms with Crippen LogP contribution in [0.15, 0.2) is 41.3 Å². The molecule has 1 fully saturated rings. The topological polar surface area (TPSA) is 55.8 Å². The SMILES string of the molecule is COC(=O)[C@H](C)N1C(=O)/C(=C/c2c(OC)ccc3ccccc23)SC1=S. The summed E-state index contributed by atoms with van der Waals surface area (Å²) >= 11 is 6.47. The minimum Gasteiger partial charge on any atom is -0.496 e. The van der Waals surface area contributed by atoms with Gasteiger partial charge in [0.05, 0.1) is 19.1 Å². The van der Waals surface area contributed by atoms with Crippen LogP contribution in [0.4, 0.5) is 0 Å². The van der Waals surface area contributed by atoms with Crippen molar-refractivity contribution >= 4 is 57.0 Å². The van der Waals surface area contributed by atoms with Crippen molar-refractivity contribution in [2.75, 3.05) is 14.2 Å². The highest BCUT2D eigenvalue weighted by molar-refractivity contribution is 8.26. The summed E-state index contributed by atoms with van der Waals surface area (Å²) in [5.41, 5.74) is 0.803. The summed E-state index contributed by atoms with van der Waals surface area (Å²) < 4.78 is 10.5. The maximum absolute atomic E-state index is 12.8. The summed E-state index contributed by atoms with van der Waals surface area (Å²) in [6.07, 6.45) is 1.77. The van der Waals surface area contributed by atoms with E-state index >= 15 is 0 Å². The smallest absolute Gasteiger partial charge is 0.328 e. The van der Waals surface area contributed by atoms with Gasteiger partial charge in [-0.1, -0.05) is 54.3 Å². The van der Waals surface area contributed by atoms with Gasteiger partial charge >= 0.3 is 5.97 Å². The molecule has 1 atom stereocenters. The lowest BCUT2D eigenvalue weighted by Gasteiger charge is -2.20. The van der Waals surface area contributed by atoms with E-state index in [0.717, 1.165) is 16.3 Å². The fourth-order valence-corrected chi connectivity index (χ4v) is 4.22. The number of thioether (sulfide) groups is 1. The Labute approximate surface area is 160 Å². The van der Waals surface area contributed by atoms with Gasteiger partial charge in [-0.2, -0.15) is 0 Å². The molecule has 1 aliphatic rings. The average Bonchev–Trinajstić information content (AvgIpc) is 2.94. The highest BCUT2D eigenvalue weighted by Gasteiger charge is 2.38. The van der Waals surface area contributed by atoms with Crippen molar-refractivity contribution < 1.29 is 19.1 Å². The van der Waals surface area contributed by atoms with Crippen LogP contribution in [0.2, 0.25) is 0 Å². The highest BCUT2D eigenvalue weighted by Crippen LogP contribution is 2.37. The van der Waals surface area contributed by atoms with Crippen LogP contribution in [0.3, 0.4) is 0 Å². The molecule has 2 aromatic carbocycles. The van der Waals surface area contributed by atoms with E-state index in [0.29, 0.717) is 15.0 Å². The molecule has 0 aliphatic carbocycles. The molecular weight excluding hydrogens is 370 g/mol. The van der Waals surface area contributed by atoms with Crippen LogP contribution >= 0.6 is 24.0 Å². The van der Waals surface area contributed by atoms with Gasteiger partial charge in [-0.25, -0.2) is 4.79 Å². The number of rotatable bonds is 4. The zero-order valence-corrected chi connectivity index (χ0v) is 16.1. The van der Waals surface area contributed by atoms with Crippen molar-refractivity contribution in [1.82, 2.24) is 4.90 Å². The predicted molar refractivity (Wildman–Crippen MR) is 107 cm³/mol. The number of hydrogen-bond donors (Lipinski definition) is 0. The Bertz CT molecular complexity index is 938. The minimum atomic E-state index is -0.771. The lowest BCUT2D eigenvalue weighted by atomic mass is 10.0. The van der Waals surface area contributed by atoms with Gasteiger partial charge < -0.3 is 9.47 Å². The number of carbonyl (C=O) groups excluding carboxylic acids is 2. The minimum absolute atomic E-state index is 0.312. The zero-order valence-electron chi connectivity index (χ0n) is 14.5. The number of hydrogen-bond acceptors (Lipinski definition) is 6. The maximum Gasteiger partial charge on any atom is 0.328 e. The second kappa shape index (κ2) is 7.47. The molecule has 26 heavy (non-hydrogen) atoms. The molecule has 3 rings (SSSR count). The van der Waals surface area contributed by atoms with Crippen LogP contribution in [0.25, 0.3) is 16.8 Å². The number of benzene rings is 2. The molecule has 0 radical (unpaired) electrons. The second-order valence-electron chi connectivity index (χ2n) is 5.65. The monoisotopic (exact) mass is 387 g/mol. The third-order valence-electron chi connectivity index (χ3n) is 4.18. The summed E-state index contributed by atoms with van der Waals surface area (Å²) in [4.78, 5) is 26.4. The molecule has 5 nitrogen and oxygen atoms in total. The Balaban J connectivity index is 2.06. The van der Waals surface area contributed by atoms with E-state index < -0.39 is 12.0 Å². The first-order chi connectivity index (χ1) is 12.5. The van der Waals surface area contributed by atoms with E-state index in [1.54, 1.807) is 20.1 Å². The van der Waals surface area contributed by atoms with E-state index in [1.165, 1.54) is 23.8 Å². The molecule has 0 saturated carbocycles. The number of thiocarbonyl (C=S) groups is 1. The van der Waals surface area contributed by atoms with Gasteiger partial charge in [-0.05, 0) is 29.8 Å². The lowest BCUT2D eigenvalue weighted by molar-refractivity contribution is -0.147. The predicted octanol–water partition coefficient (Wildman–Crippen LogP) is 3.61. The van der Waals surface area contributed by atoms with Crippen molar-refractivity contribution in [2.24, 2.45) is 0 Å². The molecule has 134 valence electrons. The fraction of sp³-hybridized carbons (Fsp3) is 0.211. The van der Waals surface area contributed by atoms with Crippen LogP contribution in [0.1, 0.15) is 12.5 Å². The number of methoxy groups -OCH3 is 2. The third kappa shape index (κ3) is 3.20. The first-order valence-corrected chi connectivity index (χ1v) is 9.11. The quantitative estimate of drug-likeness (QED) is 0.454. The number of esters is 1. The van der Waals surface area contributed by atoms with Gasteiger partial charge in [0, 0.05) is 5.56 Å². The van der Waals surface area contributed by atoms with Crippen molar-refractivity contribution in [2.45, 2.75) is 13.0 Å². The highest BCUT2D eigenvalue weighted by atomic mass is 32.2. The molecule has 0 N–H and O–H groups in total. The van der Waals surface area contributed by atoms with Crippen molar-refractivity contribution in [3.63, 3.8) is 0 Å². The fourth-order valence-electron chi connectivity index (χ4n) is 2.82. The molecule has 0 aromatic heterocycles. The second-order valence-corrected chi connectivity index (χ2v) is 7.33. The molecule has 1 heterocycles. The number of fused-ring (bicyclic) bond motifs is 1. The number of amides is 1. The van der Waals surface area contributed by atoms with Gasteiger partial charge in [0.2, 0.25) is 0 Å². The molecule has 0 unspecified atom stereocenters. The Morgan fingerprint density at radius 1 is 1.23 bits per heavy atom. The Kier molecular flexibility index (Phi) is 5.29. The summed E-state index contributed by atoms with van der Waals surface area (Å²) in [6.45, 7) is 1.60. The molecule has 0 spiro atoms.